The molecule has 0 radical (unpaired) electrons. The number of rotatable bonds is 7. The van der Waals surface area contributed by atoms with E-state index < -0.39 is 0 Å². The maximum absolute atomic E-state index is 12.0. The molecule has 0 aliphatic heterocycles. The summed E-state index contributed by atoms with van der Waals surface area (Å²) in [6, 6.07) is 25.3. The number of ether oxygens (including phenoxy) is 1. The molecule has 4 nitrogen and oxygen atoms in total. The lowest BCUT2D eigenvalue weighted by atomic mass is 10.2. The highest BCUT2D eigenvalue weighted by atomic mass is 16.5. The van der Waals surface area contributed by atoms with Crippen molar-refractivity contribution in [2.45, 2.75) is 13.5 Å². The second-order valence-corrected chi connectivity index (χ2v) is 6.07. The van der Waals surface area contributed by atoms with E-state index in [2.05, 4.69) is 10.6 Å². The first-order valence-electron chi connectivity index (χ1n) is 8.56. The molecule has 3 rings (SSSR count). The van der Waals surface area contributed by atoms with Gasteiger partial charge in [-0.1, -0.05) is 48.0 Å². The Kier molecular flexibility index (Phi) is 5.88. The summed E-state index contributed by atoms with van der Waals surface area (Å²) in [5, 5.41) is 5.97. The van der Waals surface area contributed by atoms with Crippen LogP contribution < -0.4 is 15.4 Å². The van der Waals surface area contributed by atoms with E-state index in [9.17, 15) is 4.79 Å². The van der Waals surface area contributed by atoms with Gasteiger partial charge in [0.05, 0.1) is 6.54 Å². The van der Waals surface area contributed by atoms with E-state index in [1.807, 2.05) is 85.8 Å². The molecule has 0 fully saturated rings. The largest absolute Gasteiger partial charge is 0.489 e. The standard InChI is InChI=1S/C22H22N2O2/c1-17-7-9-20(10-8-17)24-22(25)15-23-19-11-13-21(14-12-19)26-16-18-5-3-2-4-6-18/h2-14,23H,15-16H2,1H3,(H,24,25). The van der Waals surface area contributed by atoms with Crippen molar-refractivity contribution < 1.29 is 9.53 Å². The Morgan fingerprint density at radius 3 is 2.19 bits per heavy atom. The number of carbonyl (C=O) groups excluding carboxylic acids is 1. The number of hydrogen-bond donors (Lipinski definition) is 2. The average molecular weight is 346 g/mol. The lowest BCUT2D eigenvalue weighted by molar-refractivity contribution is -0.114. The van der Waals surface area contributed by atoms with Crippen molar-refractivity contribution in [1.29, 1.82) is 0 Å². The predicted molar refractivity (Wildman–Crippen MR) is 106 cm³/mol. The van der Waals surface area contributed by atoms with Gasteiger partial charge in [0, 0.05) is 11.4 Å². The monoisotopic (exact) mass is 346 g/mol. The third-order valence-electron chi connectivity index (χ3n) is 3.89. The van der Waals surface area contributed by atoms with Gasteiger partial charge >= 0.3 is 0 Å². The minimum absolute atomic E-state index is 0.0849. The van der Waals surface area contributed by atoms with Crippen molar-refractivity contribution in [3.63, 3.8) is 0 Å². The Hall–Kier alpha value is -3.27. The molecule has 1 amide bonds. The van der Waals surface area contributed by atoms with Crippen LogP contribution in [0.1, 0.15) is 11.1 Å². The highest BCUT2D eigenvalue weighted by Gasteiger charge is 2.03. The van der Waals surface area contributed by atoms with Crippen molar-refractivity contribution in [1.82, 2.24) is 0 Å². The molecule has 0 saturated heterocycles. The fraction of sp³-hybridized carbons (Fsp3) is 0.136. The number of carbonyl (C=O) groups is 1. The lowest BCUT2D eigenvalue weighted by Gasteiger charge is -2.10. The molecule has 0 bridgehead atoms. The Labute approximate surface area is 153 Å². The predicted octanol–water partition coefficient (Wildman–Crippen LogP) is 4.62. The Morgan fingerprint density at radius 2 is 1.50 bits per heavy atom. The van der Waals surface area contributed by atoms with Crippen LogP contribution >= 0.6 is 0 Å². The summed E-state index contributed by atoms with van der Waals surface area (Å²) >= 11 is 0. The van der Waals surface area contributed by atoms with Crippen LogP contribution in [-0.4, -0.2) is 12.5 Å². The van der Waals surface area contributed by atoms with E-state index in [1.165, 1.54) is 0 Å². The molecular formula is C22H22N2O2. The Bertz CT molecular complexity index is 828. The molecule has 26 heavy (non-hydrogen) atoms. The van der Waals surface area contributed by atoms with Gasteiger partial charge in [0.2, 0.25) is 5.91 Å². The van der Waals surface area contributed by atoms with Crippen LogP contribution in [0.2, 0.25) is 0 Å². The van der Waals surface area contributed by atoms with Gasteiger partial charge in [-0.2, -0.15) is 0 Å². The van der Waals surface area contributed by atoms with Crippen LogP contribution in [0, 0.1) is 6.92 Å². The van der Waals surface area contributed by atoms with E-state index in [4.69, 9.17) is 4.74 Å². The fourth-order valence-electron chi connectivity index (χ4n) is 2.43. The molecule has 0 aromatic heterocycles. The SMILES string of the molecule is Cc1ccc(NC(=O)CNc2ccc(OCc3ccccc3)cc2)cc1. The van der Waals surface area contributed by atoms with Gasteiger partial charge in [-0.3, -0.25) is 4.79 Å². The molecule has 0 aliphatic carbocycles. The van der Waals surface area contributed by atoms with Crippen LogP contribution in [0.15, 0.2) is 78.9 Å². The van der Waals surface area contributed by atoms with Gasteiger partial charge in [-0.05, 0) is 48.9 Å². The molecule has 3 aromatic rings. The summed E-state index contributed by atoms with van der Waals surface area (Å²) < 4.78 is 5.75. The number of hydrogen-bond acceptors (Lipinski definition) is 3. The molecule has 0 atom stereocenters. The molecule has 132 valence electrons. The zero-order chi connectivity index (χ0) is 18.2. The van der Waals surface area contributed by atoms with E-state index in [-0.39, 0.29) is 12.5 Å². The van der Waals surface area contributed by atoms with E-state index in [0.717, 1.165) is 28.3 Å². The summed E-state index contributed by atoms with van der Waals surface area (Å²) in [7, 11) is 0. The third-order valence-corrected chi connectivity index (χ3v) is 3.89. The van der Waals surface area contributed by atoms with Crippen molar-refractivity contribution in [2.24, 2.45) is 0 Å². The maximum atomic E-state index is 12.0. The second kappa shape index (κ2) is 8.72. The van der Waals surface area contributed by atoms with Gasteiger partial charge in [-0.15, -0.1) is 0 Å². The minimum atomic E-state index is -0.0849. The van der Waals surface area contributed by atoms with E-state index in [0.29, 0.717) is 6.61 Å². The quantitative estimate of drug-likeness (QED) is 0.656. The normalized spacial score (nSPS) is 10.2. The average Bonchev–Trinajstić information content (AvgIpc) is 2.68. The van der Waals surface area contributed by atoms with Crippen LogP contribution in [0.3, 0.4) is 0 Å². The third kappa shape index (κ3) is 5.38. The van der Waals surface area contributed by atoms with Crippen LogP contribution in [0.5, 0.6) is 5.75 Å². The molecule has 0 aliphatic rings. The Morgan fingerprint density at radius 1 is 0.846 bits per heavy atom. The first-order valence-corrected chi connectivity index (χ1v) is 8.56. The molecule has 0 saturated carbocycles. The van der Waals surface area contributed by atoms with Crippen LogP contribution in [0.25, 0.3) is 0 Å². The first kappa shape index (κ1) is 17.5. The number of aryl methyl sites for hydroxylation is 1. The topological polar surface area (TPSA) is 50.4 Å². The number of amides is 1. The van der Waals surface area contributed by atoms with E-state index >= 15 is 0 Å². The first-order chi connectivity index (χ1) is 12.7. The molecule has 3 aromatic carbocycles. The Balaban J connectivity index is 1.45. The summed E-state index contributed by atoms with van der Waals surface area (Å²) in [6.45, 7) is 2.76. The molecule has 0 heterocycles. The van der Waals surface area contributed by atoms with Gasteiger partial charge < -0.3 is 15.4 Å². The second-order valence-electron chi connectivity index (χ2n) is 6.07. The molecular weight excluding hydrogens is 324 g/mol. The van der Waals surface area contributed by atoms with Crippen molar-refractivity contribution >= 4 is 17.3 Å². The van der Waals surface area contributed by atoms with Gasteiger partial charge in [0.15, 0.2) is 0 Å². The minimum Gasteiger partial charge on any atom is -0.489 e. The highest BCUT2D eigenvalue weighted by Crippen LogP contribution is 2.17. The van der Waals surface area contributed by atoms with Gasteiger partial charge in [-0.25, -0.2) is 0 Å². The van der Waals surface area contributed by atoms with Crippen LogP contribution in [0.4, 0.5) is 11.4 Å². The molecule has 0 spiro atoms. The lowest BCUT2D eigenvalue weighted by Crippen LogP contribution is -2.21. The fourth-order valence-corrected chi connectivity index (χ4v) is 2.43. The zero-order valence-corrected chi connectivity index (χ0v) is 14.7. The summed E-state index contributed by atoms with van der Waals surface area (Å²) in [5.74, 6) is 0.710. The van der Waals surface area contributed by atoms with Crippen molar-refractivity contribution in [3.05, 3.63) is 90.0 Å². The summed E-state index contributed by atoms with van der Waals surface area (Å²) in [4.78, 5) is 12.0. The van der Waals surface area contributed by atoms with Crippen molar-refractivity contribution in [2.75, 3.05) is 17.2 Å². The van der Waals surface area contributed by atoms with Crippen LogP contribution in [-0.2, 0) is 11.4 Å². The molecule has 4 heteroatoms. The smallest absolute Gasteiger partial charge is 0.243 e. The number of nitrogens with one attached hydrogen (secondary N) is 2. The van der Waals surface area contributed by atoms with Gasteiger partial charge in [0.25, 0.3) is 0 Å². The van der Waals surface area contributed by atoms with Crippen molar-refractivity contribution in [3.8, 4) is 5.75 Å². The maximum Gasteiger partial charge on any atom is 0.243 e. The zero-order valence-electron chi connectivity index (χ0n) is 14.7. The summed E-state index contributed by atoms with van der Waals surface area (Å²) in [6.07, 6.45) is 0. The highest BCUT2D eigenvalue weighted by molar-refractivity contribution is 5.93. The molecule has 2 N–H and O–H groups in total. The molecule has 0 unspecified atom stereocenters. The number of anilines is 2. The summed E-state index contributed by atoms with van der Waals surface area (Å²) in [5.41, 5.74) is 3.96. The van der Waals surface area contributed by atoms with E-state index in [1.54, 1.807) is 0 Å². The number of benzene rings is 3. The van der Waals surface area contributed by atoms with Gasteiger partial charge in [0.1, 0.15) is 12.4 Å².